The summed E-state index contributed by atoms with van der Waals surface area (Å²) < 4.78 is 5.39. The van der Waals surface area contributed by atoms with Gasteiger partial charge in [-0.05, 0) is 67.2 Å². The number of nitrogens with zero attached hydrogens (tertiary/aromatic N) is 1. The van der Waals surface area contributed by atoms with E-state index in [0.29, 0.717) is 23.6 Å². The van der Waals surface area contributed by atoms with Crippen LogP contribution >= 0.6 is 35.4 Å². The lowest BCUT2D eigenvalue weighted by molar-refractivity contribution is -0.122. The van der Waals surface area contributed by atoms with Gasteiger partial charge in [0.25, 0.3) is 11.8 Å². The van der Waals surface area contributed by atoms with Crippen LogP contribution in [0, 0.1) is 0 Å². The molecule has 144 valence electrons. The number of hydrogen-bond acceptors (Lipinski definition) is 5. The monoisotopic (exact) mass is 436 g/mol. The maximum Gasteiger partial charge on any atom is 0.270 e. The highest BCUT2D eigenvalue weighted by atomic mass is 35.5. The number of aromatic hydroxyl groups is 1. The van der Waals surface area contributed by atoms with Gasteiger partial charge in [0.05, 0.1) is 22.3 Å². The number of nitrogens with one attached hydrogen (secondary N) is 1. The lowest BCUT2D eigenvalue weighted by Gasteiger charge is -2.29. The van der Waals surface area contributed by atoms with E-state index in [2.05, 4.69) is 5.32 Å². The third kappa shape index (κ3) is 3.96. The Morgan fingerprint density at radius 1 is 1.18 bits per heavy atom. The fraction of sp³-hybridized carbons (Fsp3) is 0.105. The number of benzene rings is 2. The van der Waals surface area contributed by atoms with Gasteiger partial charge in [-0.2, -0.15) is 0 Å². The molecule has 0 aliphatic carbocycles. The van der Waals surface area contributed by atoms with Crippen molar-refractivity contribution in [2.75, 3.05) is 11.5 Å². The number of carbonyl (C=O) groups is 2. The summed E-state index contributed by atoms with van der Waals surface area (Å²) in [6.45, 7) is 2.38. The topological polar surface area (TPSA) is 78.9 Å². The summed E-state index contributed by atoms with van der Waals surface area (Å²) in [4.78, 5) is 26.5. The molecule has 9 heteroatoms. The first kappa shape index (κ1) is 20.1. The van der Waals surface area contributed by atoms with Crippen LogP contribution in [0.1, 0.15) is 12.5 Å². The maximum absolute atomic E-state index is 13.0. The van der Waals surface area contributed by atoms with E-state index >= 15 is 0 Å². The van der Waals surface area contributed by atoms with Gasteiger partial charge < -0.3 is 9.84 Å². The molecule has 2 N–H and O–H groups in total. The van der Waals surface area contributed by atoms with Gasteiger partial charge in [0, 0.05) is 0 Å². The second kappa shape index (κ2) is 8.18. The maximum atomic E-state index is 13.0. The Bertz CT molecular complexity index is 982. The number of phenolic OH excluding ortho intramolecular Hbond substituents is 1. The fourth-order valence-electron chi connectivity index (χ4n) is 2.59. The van der Waals surface area contributed by atoms with Crippen LogP contribution in [0.15, 0.2) is 42.0 Å². The lowest BCUT2D eigenvalue weighted by Crippen LogP contribution is -2.54. The highest BCUT2D eigenvalue weighted by Gasteiger charge is 2.34. The predicted molar refractivity (Wildman–Crippen MR) is 112 cm³/mol. The number of amides is 2. The van der Waals surface area contributed by atoms with Crippen molar-refractivity contribution in [3.63, 3.8) is 0 Å². The number of hydrogen-bond donors (Lipinski definition) is 2. The molecule has 1 fully saturated rings. The first-order valence-electron chi connectivity index (χ1n) is 8.14. The van der Waals surface area contributed by atoms with Crippen LogP contribution in [0.2, 0.25) is 10.0 Å². The minimum Gasteiger partial charge on any atom is -0.505 e. The van der Waals surface area contributed by atoms with Gasteiger partial charge in [-0.25, -0.2) is 0 Å². The highest BCUT2D eigenvalue weighted by Crippen LogP contribution is 2.34. The molecule has 0 unspecified atom stereocenters. The van der Waals surface area contributed by atoms with E-state index in [1.54, 1.807) is 24.3 Å². The Kier molecular flexibility index (Phi) is 5.88. The smallest absolute Gasteiger partial charge is 0.270 e. The van der Waals surface area contributed by atoms with Crippen LogP contribution in [0.3, 0.4) is 0 Å². The molecule has 0 bridgehead atoms. The molecule has 1 aliphatic heterocycles. The van der Waals surface area contributed by atoms with Crippen LogP contribution in [-0.4, -0.2) is 28.6 Å². The van der Waals surface area contributed by atoms with E-state index in [9.17, 15) is 14.7 Å². The van der Waals surface area contributed by atoms with Crippen molar-refractivity contribution in [1.82, 2.24) is 5.32 Å². The summed E-state index contributed by atoms with van der Waals surface area (Å²) in [5.74, 6) is -0.868. The van der Waals surface area contributed by atoms with Crippen molar-refractivity contribution in [3.05, 3.63) is 57.6 Å². The molecule has 6 nitrogen and oxygen atoms in total. The average Bonchev–Trinajstić information content (AvgIpc) is 2.64. The van der Waals surface area contributed by atoms with Gasteiger partial charge in [-0.3, -0.25) is 19.8 Å². The molecule has 0 aromatic heterocycles. The molecule has 1 heterocycles. The third-order valence-electron chi connectivity index (χ3n) is 3.86. The van der Waals surface area contributed by atoms with Crippen molar-refractivity contribution < 1.29 is 19.4 Å². The zero-order chi connectivity index (χ0) is 20.4. The standard InChI is InChI=1S/C19H14Cl2N2O4S/c1-2-27-12-5-3-11(4-6-12)23-18(26)13(17(25)22-19(23)28)7-10-8-14(20)16(24)15(21)9-10/h3-9,24H,2H2,1H3,(H,22,25,28). The Morgan fingerprint density at radius 2 is 1.79 bits per heavy atom. The van der Waals surface area contributed by atoms with Crippen molar-refractivity contribution in [3.8, 4) is 11.5 Å². The van der Waals surface area contributed by atoms with E-state index in [4.69, 9.17) is 40.2 Å². The molecule has 28 heavy (non-hydrogen) atoms. The molecule has 1 saturated heterocycles. The van der Waals surface area contributed by atoms with E-state index in [0.717, 1.165) is 0 Å². The van der Waals surface area contributed by atoms with Crippen molar-refractivity contribution in [1.29, 1.82) is 0 Å². The van der Waals surface area contributed by atoms with Crippen LogP contribution in [0.4, 0.5) is 5.69 Å². The lowest BCUT2D eigenvalue weighted by atomic mass is 10.1. The van der Waals surface area contributed by atoms with Crippen LogP contribution in [0.25, 0.3) is 6.08 Å². The zero-order valence-corrected chi connectivity index (χ0v) is 16.9. The summed E-state index contributed by atoms with van der Waals surface area (Å²) in [5, 5.41) is 12.1. The first-order valence-corrected chi connectivity index (χ1v) is 9.30. The van der Waals surface area contributed by atoms with E-state index in [1.807, 2.05) is 6.92 Å². The number of phenols is 1. The summed E-state index contributed by atoms with van der Waals surface area (Å²) in [6.07, 6.45) is 1.33. The molecule has 2 amide bonds. The van der Waals surface area contributed by atoms with Crippen LogP contribution in [-0.2, 0) is 9.59 Å². The molecule has 0 radical (unpaired) electrons. The molecule has 1 aliphatic rings. The number of rotatable bonds is 4. The molecule has 2 aromatic rings. The SMILES string of the molecule is CCOc1ccc(N2C(=O)C(=Cc3cc(Cl)c(O)c(Cl)c3)C(=O)NC2=S)cc1. The normalized spacial score (nSPS) is 15.8. The first-order chi connectivity index (χ1) is 13.3. The van der Waals surface area contributed by atoms with Gasteiger partial charge in [0.2, 0.25) is 0 Å². The quantitative estimate of drug-likeness (QED) is 0.431. The Balaban J connectivity index is 1.98. The Hall–Kier alpha value is -2.61. The fourth-order valence-corrected chi connectivity index (χ4v) is 3.37. The molecular formula is C19H14Cl2N2O4S. The molecule has 0 spiro atoms. The van der Waals surface area contributed by atoms with Gasteiger partial charge in [-0.15, -0.1) is 0 Å². The van der Waals surface area contributed by atoms with Gasteiger partial charge in [-0.1, -0.05) is 23.2 Å². The molecule has 0 saturated carbocycles. The Morgan fingerprint density at radius 3 is 2.36 bits per heavy atom. The summed E-state index contributed by atoms with van der Waals surface area (Å²) in [6, 6.07) is 9.52. The zero-order valence-electron chi connectivity index (χ0n) is 14.5. The van der Waals surface area contributed by atoms with Gasteiger partial charge in [0.1, 0.15) is 11.3 Å². The largest absolute Gasteiger partial charge is 0.505 e. The predicted octanol–water partition coefficient (Wildman–Crippen LogP) is 3.93. The van der Waals surface area contributed by atoms with Crippen LogP contribution < -0.4 is 15.0 Å². The minimum atomic E-state index is -0.641. The van der Waals surface area contributed by atoms with E-state index < -0.39 is 11.8 Å². The van der Waals surface area contributed by atoms with Gasteiger partial charge >= 0.3 is 0 Å². The summed E-state index contributed by atoms with van der Waals surface area (Å²) in [5.41, 5.74) is 0.706. The number of carbonyl (C=O) groups excluding carboxylic acids is 2. The number of anilines is 1. The van der Waals surface area contributed by atoms with Crippen LogP contribution in [0.5, 0.6) is 11.5 Å². The molecule has 0 atom stereocenters. The average molecular weight is 437 g/mol. The number of ether oxygens (including phenoxy) is 1. The van der Waals surface area contributed by atoms with E-state index in [-0.39, 0.29) is 26.5 Å². The summed E-state index contributed by atoms with van der Waals surface area (Å²) >= 11 is 17.0. The second-order valence-electron chi connectivity index (χ2n) is 5.72. The van der Waals surface area contributed by atoms with Crippen molar-refractivity contribution in [2.24, 2.45) is 0 Å². The highest BCUT2D eigenvalue weighted by molar-refractivity contribution is 7.80. The molecule has 3 rings (SSSR count). The van der Waals surface area contributed by atoms with Crippen molar-refractivity contribution in [2.45, 2.75) is 6.92 Å². The number of halogens is 2. The number of thiocarbonyl (C=S) groups is 1. The van der Waals surface area contributed by atoms with Gasteiger partial charge in [0.15, 0.2) is 10.9 Å². The van der Waals surface area contributed by atoms with E-state index in [1.165, 1.54) is 23.1 Å². The van der Waals surface area contributed by atoms with Crippen molar-refractivity contribution >= 4 is 64.1 Å². The summed E-state index contributed by atoms with van der Waals surface area (Å²) in [7, 11) is 0. The Labute approximate surface area is 176 Å². The molecular weight excluding hydrogens is 423 g/mol. The third-order valence-corrected chi connectivity index (χ3v) is 4.72. The second-order valence-corrected chi connectivity index (χ2v) is 6.92. The molecule has 2 aromatic carbocycles. The minimum absolute atomic E-state index is 0.00177.